The van der Waals surface area contributed by atoms with Crippen molar-refractivity contribution in [2.45, 2.75) is 11.0 Å². The minimum absolute atomic E-state index is 0.0639. The van der Waals surface area contributed by atoms with Crippen LogP contribution in [0.15, 0.2) is 53.4 Å². The molecule has 0 aliphatic rings. The van der Waals surface area contributed by atoms with Gasteiger partial charge in [-0.25, -0.2) is 0 Å². The number of thioether (sulfide) groups is 1. The summed E-state index contributed by atoms with van der Waals surface area (Å²) in [6.07, 6.45) is 1.16. The van der Waals surface area contributed by atoms with E-state index in [0.29, 0.717) is 11.1 Å². The molecule has 0 aliphatic heterocycles. The third kappa shape index (κ3) is 4.54. The largest absolute Gasteiger partial charge is 0.387 e. The number of nitrogens with one attached hydrogen (secondary N) is 1. The van der Waals surface area contributed by atoms with E-state index in [2.05, 4.69) is 5.32 Å². The Hall–Kier alpha value is -2.38. The van der Waals surface area contributed by atoms with Crippen LogP contribution in [-0.2, 0) is 0 Å². The maximum atomic E-state index is 12.0. The molecular weight excluding hydrogens is 316 g/mol. The molecule has 2 aromatic carbocycles. The second kappa shape index (κ2) is 7.75. The summed E-state index contributed by atoms with van der Waals surface area (Å²) >= 11 is 1.61. The normalized spacial score (nSPS) is 11.7. The highest BCUT2D eigenvalue weighted by molar-refractivity contribution is 7.98. The molecule has 0 saturated heterocycles. The first kappa shape index (κ1) is 17.0. The predicted molar refractivity (Wildman–Crippen MR) is 88.6 cm³/mol. The van der Waals surface area contributed by atoms with Crippen molar-refractivity contribution >= 4 is 23.4 Å². The zero-order valence-corrected chi connectivity index (χ0v) is 13.2. The number of hydrogen-bond donors (Lipinski definition) is 2. The molecule has 2 rings (SSSR count). The van der Waals surface area contributed by atoms with Crippen LogP contribution >= 0.6 is 11.8 Å². The lowest BCUT2D eigenvalue weighted by atomic mass is 10.1. The summed E-state index contributed by atoms with van der Waals surface area (Å²) in [4.78, 5) is 23.1. The zero-order valence-electron chi connectivity index (χ0n) is 12.4. The van der Waals surface area contributed by atoms with Crippen molar-refractivity contribution < 1.29 is 14.8 Å². The number of nitro benzene ring substituents is 1. The number of carbonyl (C=O) groups excluding carboxylic acids is 1. The highest BCUT2D eigenvalue weighted by Crippen LogP contribution is 2.19. The second-order valence-electron chi connectivity index (χ2n) is 4.80. The summed E-state index contributed by atoms with van der Waals surface area (Å²) in [6, 6.07) is 12.7. The van der Waals surface area contributed by atoms with E-state index in [0.717, 1.165) is 4.90 Å². The molecule has 0 spiro atoms. The summed E-state index contributed by atoms with van der Waals surface area (Å²) in [5.41, 5.74) is 0.947. The number of carbonyl (C=O) groups is 1. The van der Waals surface area contributed by atoms with Gasteiger partial charge in [0, 0.05) is 29.1 Å². The van der Waals surface area contributed by atoms with Crippen LogP contribution in [0.5, 0.6) is 0 Å². The smallest absolute Gasteiger partial charge is 0.269 e. The quantitative estimate of drug-likeness (QED) is 0.482. The zero-order chi connectivity index (χ0) is 16.8. The van der Waals surface area contributed by atoms with Gasteiger partial charge < -0.3 is 10.4 Å². The summed E-state index contributed by atoms with van der Waals surface area (Å²) in [5, 5.41) is 23.3. The van der Waals surface area contributed by atoms with Crippen molar-refractivity contribution in [1.29, 1.82) is 0 Å². The fraction of sp³-hybridized carbons (Fsp3) is 0.188. The standard InChI is InChI=1S/C16H16N2O4S/c1-23-14-8-4-11(5-9-14)15(19)10-17-16(20)12-2-6-13(7-3-12)18(21)22/h2-9,15,19H,10H2,1H3,(H,17,20). The van der Waals surface area contributed by atoms with Gasteiger partial charge in [0.05, 0.1) is 11.0 Å². The van der Waals surface area contributed by atoms with E-state index in [9.17, 15) is 20.0 Å². The van der Waals surface area contributed by atoms with Gasteiger partial charge in [-0.1, -0.05) is 12.1 Å². The first-order valence-corrected chi connectivity index (χ1v) is 8.08. The average Bonchev–Trinajstić information content (AvgIpc) is 2.59. The Kier molecular flexibility index (Phi) is 5.72. The molecule has 2 N–H and O–H groups in total. The lowest BCUT2D eigenvalue weighted by Crippen LogP contribution is -2.28. The summed E-state index contributed by atoms with van der Waals surface area (Å²) in [7, 11) is 0. The van der Waals surface area contributed by atoms with E-state index < -0.39 is 11.0 Å². The van der Waals surface area contributed by atoms with E-state index >= 15 is 0 Å². The molecule has 0 aromatic heterocycles. The van der Waals surface area contributed by atoms with Crippen LogP contribution < -0.4 is 5.32 Å². The summed E-state index contributed by atoms with van der Waals surface area (Å²) in [6.45, 7) is 0.0639. The number of nitrogens with zero attached hydrogens (tertiary/aromatic N) is 1. The van der Waals surface area contributed by atoms with Gasteiger partial charge in [-0.2, -0.15) is 0 Å². The molecular formula is C16H16N2O4S. The van der Waals surface area contributed by atoms with Crippen LogP contribution in [0.3, 0.4) is 0 Å². The molecule has 2 aromatic rings. The lowest BCUT2D eigenvalue weighted by molar-refractivity contribution is -0.384. The molecule has 1 amide bonds. The molecule has 0 saturated carbocycles. The molecule has 0 heterocycles. The number of aliphatic hydroxyl groups is 1. The fourth-order valence-electron chi connectivity index (χ4n) is 1.97. The number of non-ortho nitro benzene ring substituents is 1. The molecule has 0 radical (unpaired) electrons. The van der Waals surface area contributed by atoms with E-state index in [-0.39, 0.29) is 18.1 Å². The van der Waals surface area contributed by atoms with Gasteiger partial charge in [-0.05, 0) is 36.1 Å². The molecule has 23 heavy (non-hydrogen) atoms. The Bertz CT molecular complexity index is 686. The van der Waals surface area contributed by atoms with Gasteiger partial charge in [-0.15, -0.1) is 11.8 Å². The maximum Gasteiger partial charge on any atom is 0.269 e. The first-order chi connectivity index (χ1) is 11.0. The molecule has 6 nitrogen and oxygen atoms in total. The number of aliphatic hydroxyl groups excluding tert-OH is 1. The molecule has 0 fully saturated rings. The summed E-state index contributed by atoms with van der Waals surface area (Å²) < 4.78 is 0. The first-order valence-electron chi connectivity index (χ1n) is 6.86. The third-order valence-corrected chi connectivity index (χ3v) is 4.04. The van der Waals surface area contributed by atoms with E-state index in [1.54, 1.807) is 11.8 Å². The Morgan fingerprint density at radius 1 is 1.22 bits per heavy atom. The van der Waals surface area contributed by atoms with Crippen LogP contribution in [-0.4, -0.2) is 28.7 Å². The Morgan fingerprint density at radius 3 is 2.35 bits per heavy atom. The highest BCUT2D eigenvalue weighted by atomic mass is 32.2. The van der Waals surface area contributed by atoms with Crippen molar-refractivity contribution in [2.24, 2.45) is 0 Å². The van der Waals surface area contributed by atoms with E-state index in [1.165, 1.54) is 24.3 Å². The second-order valence-corrected chi connectivity index (χ2v) is 5.68. The Morgan fingerprint density at radius 2 is 1.83 bits per heavy atom. The summed E-state index contributed by atoms with van der Waals surface area (Å²) in [5.74, 6) is -0.389. The van der Waals surface area contributed by atoms with Crippen LogP contribution in [0.2, 0.25) is 0 Å². The topological polar surface area (TPSA) is 92.5 Å². The number of amides is 1. The fourth-order valence-corrected chi connectivity index (χ4v) is 2.38. The minimum Gasteiger partial charge on any atom is -0.387 e. The van der Waals surface area contributed by atoms with Gasteiger partial charge >= 0.3 is 0 Å². The van der Waals surface area contributed by atoms with Gasteiger partial charge in [-0.3, -0.25) is 14.9 Å². The number of rotatable bonds is 6. The van der Waals surface area contributed by atoms with E-state index in [1.807, 2.05) is 30.5 Å². The van der Waals surface area contributed by atoms with Crippen molar-refractivity contribution in [3.8, 4) is 0 Å². The van der Waals surface area contributed by atoms with Gasteiger partial charge in [0.25, 0.3) is 11.6 Å². The molecule has 120 valence electrons. The Balaban J connectivity index is 1.93. The van der Waals surface area contributed by atoms with Crippen LogP contribution in [0.25, 0.3) is 0 Å². The van der Waals surface area contributed by atoms with Crippen molar-refractivity contribution in [2.75, 3.05) is 12.8 Å². The van der Waals surface area contributed by atoms with Crippen molar-refractivity contribution in [3.63, 3.8) is 0 Å². The lowest BCUT2D eigenvalue weighted by Gasteiger charge is -2.12. The third-order valence-electron chi connectivity index (χ3n) is 3.30. The van der Waals surface area contributed by atoms with Crippen molar-refractivity contribution in [3.05, 3.63) is 69.8 Å². The molecule has 1 atom stereocenters. The van der Waals surface area contributed by atoms with Gasteiger partial charge in [0.15, 0.2) is 0 Å². The maximum absolute atomic E-state index is 12.0. The van der Waals surface area contributed by atoms with Crippen LogP contribution in [0, 0.1) is 10.1 Å². The predicted octanol–water partition coefficient (Wildman–Crippen LogP) is 2.78. The number of hydrogen-bond acceptors (Lipinski definition) is 5. The van der Waals surface area contributed by atoms with Gasteiger partial charge in [0.1, 0.15) is 0 Å². The highest BCUT2D eigenvalue weighted by Gasteiger charge is 2.12. The Labute approximate surface area is 137 Å². The van der Waals surface area contributed by atoms with E-state index in [4.69, 9.17) is 0 Å². The molecule has 0 aliphatic carbocycles. The van der Waals surface area contributed by atoms with Crippen LogP contribution in [0.1, 0.15) is 22.0 Å². The molecule has 1 unspecified atom stereocenters. The molecule has 7 heteroatoms. The average molecular weight is 332 g/mol. The monoisotopic (exact) mass is 332 g/mol. The van der Waals surface area contributed by atoms with Crippen LogP contribution in [0.4, 0.5) is 5.69 Å². The van der Waals surface area contributed by atoms with Crippen molar-refractivity contribution in [1.82, 2.24) is 5.32 Å². The number of benzene rings is 2. The number of nitro groups is 1. The minimum atomic E-state index is -0.812. The molecule has 0 bridgehead atoms. The SMILES string of the molecule is CSc1ccc(C(O)CNC(=O)c2ccc([N+](=O)[O-])cc2)cc1. The van der Waals surface area contributed by atoms with Gasteiger partial charge in [0.2, 0.25) is 0 Å².